The number of carbonyl (C=O) groups is 3. The molecule has 0 aromatic heterocycles. The molecule has 0 radical (unpaired) electrons. The fourth-order valence-electron chi connectivity index (χ4n) is 7.23. The maximum absolute atomic E-state index is 14.4. The number of amides is 3. The molecule has 3 fully saturated rings. The zero-order valence-electron chi connectivity index (χ0n) is 24.8. The number of aliphatic hydroxyl groups excluding tert-OH is 1. The summed E-state index contributed by atoms with van der Waals surface area (Å²) in [4.78, 5) is 50.9. The van der Waals surface area contributed by atoms with Crippen LogP contribution < -0.4 is 9.64 Å². The van der Waals surface area contributed by atoms with E-state index >= 15 is 0 Å². The van der Waals surface area contributed by atoms with Gasteiger partial charge in [0.25, 0.3) is 0 Å². The van der Waals surface area contributed by atoms with Crippen LogP contribution in [0.3, 0.4) is 0 Å². The molecule has 5 aliphatic rings. The summed E-state index contributed by atoms with van der Waals surface area (Å²) >= 11 is 1.60. The van der Waals surface area contributed by atoms with E-state index in [9.17, 15) is 19.5 Å². The molecule has 0 saturated carbocycles. The SMILES string of the molecule is CCOc1ccc(N2CC=C[C@@H]3S[C@]45C=CCN(CCN6CCOCC6)C(=O)C4N(CCCCO)C(=O)[C@@H]5[C@@H]3C2=O)cc1. The molecule has 10 nitrogen and oxygen atoms in total. The third-order valence-electron chi connectivity index (χ3n) is 9.30. The maximum Gasteiger partial charge on any atom is 0.247 e. The second kappa shape index (κ2) is 13.0. The van der Waals surface area contributed by atoms with Crippen LogP contribution in [0.15, 0.2) is 48.6 Å². The van der Waals surface area contributed by atoms with Crippen LogP contribution in [0.5, 0.6) is 5.75 Å². The van der Waals surface area contributed by atoms with Crippen molar-refractivity contribution in [2.45, 2.75) is 35.8 Å². The van der Waals surface area contributed by atoms with E-state index in [1.54, 1.807) is 21.6 Å². The Hall–Kier alpha value is -2.86. The zero-order chi connectivity index (χ0) is 30.0. The number of ether oxygens (including phenoxy) is 2. The van der Waals surface area contributed by atoms with Gasteiger partial charge in [-0.15, -0.1) is 11.8 Å². The molecule has 1 spiro atoms. The number of aliphatic hydroxyl groups is 1. The first-order valence-corrected chi connectivity index (χ1v) is 16.4. The number of carbonyl (C=O) groups excluding carboxylic acids is 3. The molecule has 1 aromatic carbocycles. The molecular weight excluding hydrogens is 568 g/mol. The van der Waals surface area contributed by atoms with Crippen molar-refractivity contribution in [3.8, 4) is 5.75 Å². The maximum atomic E-state index is 14.4. The molecule has 3 saturated heterocycles. The Balaban J connectivity index is 1.30. The highest BCUT2D eigenvalue weighted by Gasteiger charge is 2.70. The van der Waals surface area contributed by atoms with Crippen LogP contribution in [0.2, 0.25) is 0 Å². The number of hydrogen-bond acceptors (Lipinski definition) is 8. The molecule has 6 rings (SSSR count). The monoisotopic (exact) mass is 610 g/mol. The van der Waals surface area contributed by atoms with E-state index in [1.165, 1.54) is 0 Å². The molecule has 1 aromatic rings. The van der Waals surface area contributed by atoms with Crippen molar-refractivity contribution in [3.05, 3.63) is 48.6 Å². The fraction of sp³-hybridized carbons (Fsp3) is 0.594. The summed E-state index contributed by atoms with van der Waals surface area (Å²) < 4.78 is 10.2. The van der Waals surface area contributed by atoms with Crippen LogP contribution in [0.25, 0.3) is 0 Å². The van der Waals surface area contributed by atoms with Gasteiger partial charge in [0.05, 0.1) is 36.4 Å². The first-order valence-electron chi connectivity index (χ1n) is 15.5. The topological polar surface area (TPSA) is 103 Å². The third kappa shape index (κ3) is 5.61. The summed E-state index contributed by atoms with van der Waals surface area (Å²) in [6, 6.07) is 6.80. The Morgan fingerprint density at radius 3 is 2.51 bits per heavy atom. The number of morpholine rings is 1. The number of benzene rings is 1. The van der Waals surface area contributed by atoms with Gasteiger partial charge in [-0.3, -0.25) is 19.3 Å². The number of rotatable bonds is 10. The molecule has 5 heterocycles. The summed E-state index contributed by atoms with van der Waals surface area (Å²) in [5.74, 6) is -0.780. The third-order valence-corrected chi connectivity index (χ3v) is 11.0. The first-order chi connectivity index (χ1) is 21.0. The van der Waals surface area contributed by atoms with Gasteiger partial charge in [-0.25, -0.2) is 0 Å². The number of fused-ring (bicyclic) bond motifs is 2. The Labute approximate surface area is 257 Å². The zero-order valence-corrected chi connectivity index (χ0v) is 25.6. The lowest BCUT2D eigenvalue weighted by atomic mass is 9.78. The van der Waals surface area contributed by atoms with E-state index in [0.717, 1.165) is 31.1 Å². The predicted octanol–water partition coefficient (Wildman–Crippen LogP) is 1.79. The minimum absolute atomic E-state index is 0.0283. The number of anilines is 1. The van der Waals surface area contributed by atoms with Crippen LogP contribution in [0.1, 0.15) is 19.8 Å². The minimum Gasteiger partial charge on any atom is -0.494 e. The first kappa shape index (κ1) is 30.2. The van der Waals surface area contributed by atoms with Gasteiger partial charge in [0.2, 0.25) is 17.7 Å². The van der Waals surface area contributed by atoms with Crippen LogP contribution in [-0.2, 0) is 19.1 Å². The van der Waals surface area contributed by atoms with Crippen molar-refractivity contribution >= 4 is 35.2 Å². The molecule has 5 aliphatic heterocycles. The van der Waals surface area contributed by atoms with Crippen molar-refractivity contribution in [2.24, 2.45) is 11.8 Å². The predicted molar refractivity (Wildman–Crippen MR) is 165 cm³/mol. The van der Waals surface area contributed by atoms with E-state index in [1.807, 2.05) is 48.2 Å². The van der Waals surface area contributed by atoms with Crippen LogP contribution in [0.4, 0.5) is 5.69 Å². The average Bonchev–Trinajstić information content (AvgIpc) is 3.33. The van der Waals surface area contributed by atoms with Crippen LogP contribution >= 0.6 is 11.8 Å². The highest BCUT2D eigenvalue weighted by molar-refractivity contribution is 8.02. The lowest BCUT2D eigenvalue weighted by Gasteiger charge is -2.36. The summed E-state index contributed by atoms with van der Waals surface area (Å²) in [6.45, 7) is 8.20. The largest absolute Gasteiger partial charge is 0.494 e. The molecule has 11 heteroatoms. The van der Waals surface area contributed by atoms with E-state index in [2.05, 4.69) is 17.1 Å². The molecule has 3 amide bonds. The summed E-state index contributed by atoms with van der Waals surface area (Å²) in [6.07, 6.45) is 9.32. The Morgan fingerprint density at radius 2 is 1.77 bits per heavy atom. The average molecular weight is 611 g/mol. The summed E-state index contributed by atoms with van der Waals surface area (Å²) in [5, 5.41) is 9.25. The highest BCUT2D eigenvalue weighted by Crippen LogP contribution is 2.61. The van der Waals surface area contributed by atoms with Crippen molar-refractivity contribution in [1.82, 2.24) is 14.7 Å². The minimum atomic E-state index is -0.835. The number of likely N-dealkylation sites (tertiary alicyclic amines) is 1. The quantitative estimate of drug-likeness (QED) is 0.316. The molecule has 5 atom stereocenters. The number of nitrogens with zero attached hydrogens (tertiary/aromatic N) is 4. The van der Waals surface area contributed by atoms with E-state index < -0.39 is 22.6 Å². The second-order valence-electron chi connectivity index (χ2n) is 11.7. The Kier molecular flexibility index (Phi) is 9.13. The Morgan fingerprint density at radius 1 is 0.977 bits per heavy atom. The van der Waals surface area contributed by atoms with E-state index in [-0.39, 0.29) is 29.6 Å². The molecule has 1 N–H and O–H groups in total. The standard InChI is InChI=1S/C32H42N4O6S/c1-2-42-24-10-8-23(9-11-24)35-15-5-7-25-26(29(35)38)27-30(39)36(14-3-4-20-37)28-31(40)34(13-6-12-32(27,28)43-25)17-16-33-18-21-41-22-19-33/h5-12,25-28,37H,2-4,13-22H2,1H3/t25-,26+,27-,28?,32-/m0/s1. The normalized spacial score (nSPS) is 30.7. The summed E-state index contributed by atoms with van der Waals surface area (Å²) in [5.41, 5.74) is 0.758. The number of unbranched alkanes of at least 4 members (excludes halogenated alkanes) is 1. The second-order valence-corrected chi connectivity index (χ2v) is 13.2. The van der Waals surface area contributed by atoms with Gasteiger partial charge in [-0.1, -0.05) is 24.3 Å². The van der Waals surface area contributed by atoms with Gasteiger partial charge in [0, 0.05) is 63.4 Å². The van der Waals surface area contributed by atoms with Gasteiger partial charge in [0.15, 0.2) is 0 Å². The fourth-order valence-corrected chi connectivity index (χ4v) is 9.23. The van der Waals surface area contributed by atoms with Crippen molar-refractivity contribution in [1.29, 1.82) is 0 Å². The van der Waals surface area contributed by atoms with Crippen LogP contribution in [0, 0.1) is 11.8 Å². The molecule has 232 valence electrons. The van der Waals surface area contributed by atoms with Crippen molar-refractivity contribution < 1.29 is 29.0 Å². The molecule has 43 heavy (non-hydrogen) atoms. The van der Waals surface area contributed by atoms with Crippen LogP contribution in [-0.4, -0.2) is 126 Å². The number of thioether (sulfide) groups is 1. The molecule has 0 bridgehead atoms. The van der Waals surface area contributed by atoms with Crippen molar-refractivity contribution in [2.75, 3.05) is 77.1 Å². The van der Waals surface area contributed by atoms with Gasteiger partial charge >= 0.3 is 0 Å². The lowest BCUT2D eigenvalue weighted by molar-refractivity contribution is -0.142. The highest BCUT2D eigenvalue weighted by atomic mass is 32.2. The van der Waals surface area contributed by atoms with E-state index in [0.29, 0.717) is 58.8 Å². The van der Waals surface area contributed by atoms with Gasteiger partial charge in [-0.2, -0.15) is 0 Å². The summed E-state index contributed by atoms with van der Waals surface area (Å²) in [7, 11) is 0. The van der Waals surface area contributed by atoms with Gasteiger partial charge < -0.3 is 29.3 Å². The molecule has 1 unspecified atom stereocenters. The van der Waals surface area contributed by atoms with E-state index in [4.69, 9.17) is 9.47 Å². The number of hydrogen-bond donors (Lipinski definition) is 1. The molecule has 0 aliphatic carbocycles. The van der Waals surface area contributed by atoms with Gasteiger partial charge in [-0.05, 0) is 44.0 Å². The van der Waals surface area contributed by atoms with Crippen molar-refractivity contribution in [3.63, 3.8) is 0 Å². The van der Waals surface area contributed by atoms with Gasteiger partial charge in [0.1, 0.15) is 11.8 Å². The Bertz CT molecular complexity index is 1250. The molecular formula is C32H42N4O6S. The lowest BCUT2D eigenvalue weighted by Crippen LogP contribution is -2.54. The smallest absolute Gasteiger partial charge is 0.247 e.